The van der Waals surface area contributed by atoms with Crippen molar-refractivity contribution in [3.8, 4) is 11.5 Å². The molecule has 3 aromatic carbocycles. The highest BCUT2D eigenvalue weighted by atomic mass is 19.1. The van der Waals surface area contributed by atoms with Gasteiger partial charge in [0.05, 0.1) is 31.9 Å². The van der Waals surface area contributed by atoms with Crippen LogP contribution in [-0.4, -0.2) is 49.7 Å². The molecule has 0 aliphatic heterocycles. The second-order valence-electron chi connectivity index (χ2n) is 9.95. The van der Waals surface area contributed by atoms with Crippen molar-refractivity contribution in [3.05, 3.63) is 94.0 Å². The van der Waals surface area contributed by atoms with Gasteiger partial charge < -0.3 is 25.2 Å². The van der Waals surface area contributed by atoms with E-state index >= 15 is 0 Å². The lowest BCUT2D eigenvalue weighted by Gasteiger charge is -2.26. The van der Waals surface area contributed by atoms with Crippen molar-refractivity contribution in [1.29, 1.82) is 0 Å². The number of ether oxygens (including phenoxy) is 2. The Bertz CT molecular complexity index is 1360. The fourth-order valence-electron chi connectivity index (χ4n) is 5.08. The molecule has 1 aliphatic carbocycles. The van der Waals surface area contributed by atoms with Gasteiger partial charge in [0.25, 0.3) is 0 Å². The maximum atomic E-state index is 13.9. The fraction of sp³-hybridized carbons (Fsp3) is 0.355. The highest BCUT2D eigenvalue weighted by molar-refractivity contribution is 6.15. The Labute approximate surface area is 232 Å². The van der Waals surface area contributed by atoms with Crippen LogP contribution >= 0.6 is 0 Å². The molecular formula is C31H34F2N2O5. The number of Topliss-reactive ketones (excluding diaryl/α,β-unsaturated/α-hetero) is 1. The van der Waals surface area contributed by atoms with Crippen LogP contribution in [0.2, 0.25) is 0 Å². The number of fused-ring (bicyclic) bond motifs is 1. The van der Waals surface area contributed by atoms with Crippen LogP contribution < -0.4 is 20.1 Å². The number of amides is 1. The number of ketones is 1. The Balaban J connectivity index is 1.50. The van der Waals surface area contributed by atoms with E-state index in [2.05, 4.69) is 23.6 Å². The highest BCUT2D eigenvalue weighted by Gasteiger charge is 2.39. The van der Waals surface area contributed by atoms with Gasteiger partial charge in [-0.25, -0.2) is 8.78 Å². The second-order valence-corrected chi connectivity index (χ2v) is 9.95. The van der Waals surface area contributed by atoms with Crippen molar-refractivity contribution in [3.63, 3.8) is 0 Å². The van der Waals surface area contributed by atoms with Crippen molar-refractivity contribution in [2.24, 2.45) is 5.92 Å². The van der Waals surface area contributed by atoms with E-state index in [0.29, 0.717) is 29.2 Å². The summed E-state index contributed by atoms with van der Waals surface area (Å²) >= 11 is 0. The Hall–Kier alpha value is -3.82. The maximum Gasteiger partial charge on any atom is 0.231 e. The number of aliphatic hydroxyl groups is 1. The first kappa shape index (κ1) is 29.2. The summed E-state index contributed by atoms with van der Waals surface area (Å²) in [5.74, 6) is -2.72. The van der Waals surface area contributed by atoms with Gasteiger partial charge in [-0.2, -0.15) is 0 Å². The van der Waals surface area contributed by atoms with E-state index in [9.17, 15) is 23.5 Å². The third-order valence-corrected chi connectivity index (χ3v) is 7.17. The predicted molar refractivity (Wildman–Crippen MR) is 147 cm³/mol. The Morgan fingerprint density at radius 2 is 1.75 bits per heavy atom. The van der Waals surface area contributed by atoms with Gasteiger partial charge >= 0.3 is 0 Å². The van der Waals surface area contributed by atoms with Gasteiger partial charge in [-0.3, -0.25) is 9.59 Å². The number of methoxy groups -OCH3 is 2. The zero-order chi connectivity index (χ0) is 28.8. The average Bonchev–Trinajstić information content (AvgIpc) is 3.27. The van der Waals surface area contributed by atoms with Gasteiger partial charge in [-0.05, 0) is 59.7 Å². The van der Waals surface area contributed by atoms with E-state index in [1.54, 1.807) is 12.1 Å². The molecule has 9 heteroatoms. The van der Waals surface area contributed by atoms with Crippen LogP contribution in [-0.2, 0) is 30.6 Å². The summed E-state index contributed by atoms with van der Waals surface area (Å²) in [5, 5.41) is 17.0. The van der Waals surface area contributed by atoms with E-state index < -0.39 is 41.4 Å². The standard InChI is InChI=1S/C31H34F2N2O5/c1-4-18-6-5-7-19(8-18)16-34-17-27(36)26(11-20-9-22(32)14-23(33)10-20)35-31(38)25-13-21-12-24(39-2)15-28(40-3)29(21)30(25)37/h5-10,12,14-15,25-27,34,36H,4,11,13,16-17H2,1-3H3,(H,35,38). The van der Waals surface area contributed by atoms with Crippen LogP contribution in [0.5, 0.6) is 11.5 Å². The minimum absolute atomic E-state index is 0.0421. The van der Waals surface area contributed by atoms with Crippen LogP contribution in [0.1, 0.15) is 39.5 Å². The van der Waals surface area contributed by atoms with Gasteiger partial charge in [0.2, 0.25) is 5.91 Å². The number of hydrogen-bond donors (Lipinski definition) is 3. The minimum Gasteiger partial charge on any atom is -0.497 e. The van der Waals surface area contributed by atoms with Gasteiger partial charge in [-0.15, -0.1) is 0 Å². The van der Waals surface area contributed by atoms with Gasteiger partial charge in [0.1, 0.15) is 29.1 Å². The lowest BCUT2D eigenvalue weighted by Crippen LogP contribution is -2.51. The number of hydrogen-bond acceptors (Lipinski definition) is 6. The molecule has 3 aromatic rings. The predicted octanol–water partition coefficient (Wildman–Crippen LogP) is 3.78. The number of halogens is 2. The molecule has 0 saturated heterocycles. The molecule has 0 radical (unpaired) electrons. The average molecular weight is 553 g/mol. The quantitative estimate of drug-likeness (QED) is 0.296. The third kappa shape index (κ3) is 6.84. The van der Waals surface area contributed by atoms with Gasteiger partial charge in [0.15, 0.2) is 5.78 Å². The summed E-state index contributed by atoms with van der Waals surface area (Å²) < 4.78 is 38.5. The van der Waals surface area contributed by atoms with E-state index in [0.717, 1.165) is 30.2 Å². The largest absolute Gasteiger partial charge is 0.497 e. The Morgan fingerprint density at radius 3 is 2.42 bits per heavy atom. The second kappa shape index (κ2) is 13.0. The van der Waals surface area contributed by atoms with Crippen LogP contribution in [0.4, 0.5) is 8.78 Å². The molecule has 4 rings (SSSR count). The molecule has 0 aromatic heterocycles. The number of aliphatic hydroxyl groups excluding tert-OH is 1. The van der Waals surface area contributed by atoms with Crippen molar-refractivity contribution >= 4 is 11.7 Å². The molecular weight excluding hydrogens is 518 g/mol. The zero-order valence-electron chi connectivity index (χ0n) is 22.8. The van der Waals surface area contributed by atoms with Crippen LogP contribution in [0.3, 0.4) is 0 Å². The summed E-state index contributed by atoms with van der Waals surface area (Å²) in [6.07, 6.45) is -0.119. The van der Waals surface area contributed by atoms with Crippen LogP contribution in [0.25, 0.3) is 0 Å². The highest BCUT2D eigenvalue weighted by Crippen LogP contribution is 2.37. The smallest absolute Gasteiger partial charge is 0.231 e. The summed E-state index contributed by atoms with van der Waals surface area (Å²) in [4.78, 5) is 26.6. The summed E-state index contributed by atoms with van der Waals surface area (Å²) in [6.45, 7) is 2.65. The van der Waals surface area contributed by atoms with Crippen LogP contribution in [0.15, 0.2) is 54.6 Å². The molecule has 7 nitrogen and oxygen atoms in total. The number of aryl methyl sites for hydroxylation is 1. The number of carbonyl (C=O) groups excluding carboxylic acids is 2. The molecule has 1 amide bonds. The molecule has 3 atom stereocenters. The van der Waals surface area contributed by atoms with Gasteiger partial charge in [0, 0.05) is 25.2 Å². The number of rotatable bonds is 12. The summed E-state index contributed by atoms with van der Waals surface area (Å²) in [5.41, 5.74) is 3.45. The minimum atomic E-state index is -1.11. The molecule has 0 spiro atoms. The normalized spacial score (nSPS) is 15.8. The summed E-state index contributed by atoms with van der Waals surface area (Å²) in [6, 6.07) is 13.5. The Kier molecular flexibility index (Phi) is 9.50. The fourth-order valence-corrected chi connectivity index (χ4v) is 5.08. The molecule has 0 heterocycles. The first-order valence-electron chi connectivity index (χ1n) is 13.2. The van der Waals surface area contributed by atoms with E-state index in [-0.39, 0.29) is 24.9 Å². The third-order valence-electron chi connectivity index (χ3n) is 7.17. The zero-order valence-corrected chi connectivity index (χ0v) is 22.8. The van der Waals surface area contributed by atoms with Gasteiger partial charge in [-0.1, -0.05) is 31.2 Å². The molecule has 1 aliphatic rings. The van der Waals surface area contributed by atoms with Crippen molar-refractivity contribution in [2.75, 3.05) is 20.8 Å². The summed E-state index contributed by atoms with van der Waals surface area (Å²) in [7, 11) is 2.93. The molecule has 3 N–H and O–H groups in total. The number of benzene rings is 3. The lowest BCUT2D eigenvalue weighted by molar-refractivity contribution is -0.125. The monoisotopic (exact) mass is 552 g/mol. The van der Waals surface area contributed by atoms with Crippen molar-refractivity contribution < 1.29 is 33.0 Å². The number of carbonyl (C=O) groups is 2. The van der Waals surface area contributed by atoms with E-state index in [4.69, 9.17) is 9.47 Å². The molecule has 3 unspecified atom stereocenters. The molecule has 0 bridgehead atoms. The molecule has 212 valence electrons. The number of nitrogens with one attached hydrogen (secondary N) is 2. The molecule has 40 heavy (non-hydrogen) atoms. The first-order chi connectivity index (χ1) is 19.2. The molecule has 0 saturated carbocycles. The molecule has 0 fully saturated rings. The SMILES string of the molecule is CCc1cccc(CNCC(O)C(Cc2cc(F)cc(F)c2)NC(=O)C2Cc3cc(OC)cc(OC)c3C2=O)c1. The first-order valence-corrected chi connectivity index (χ1v) is 13.2. The van der Waals surface area contributed by atoms with E-state index in [1.165, 1.54) is 19.8 Å². The van der Waals surface area contributed by atoms with Crippen molar-refractivity contribution in [2.45, 2.75) is 44.9 Å². The topological polar surface area (TPSA) is 96.9 Å². The lowest BCUT2D eigenvalue weighted by atomic mass is 9.98. The van der Waals surface area contributed by atoms with Crippen LogP contribution in [0, 0.1) is 17.6 Å². The Morgan fingerprint density at radius 1 is 1.02 bits per heavy atom. The maximum absolute atomic E-state index is 13.9. The van der Waals surface area contributed by atoms with Crippen molar-refractivity contribution in [1.82, 2.24) is 10.6 Å². The van der Waals surface area contributed by atoms with E-state index in [1.807, 2.05) is 18.2 Å².